The van der Waals surface area contributed by atoms with E-state index in [2.05, 4.69) is 21.0 Å². The van der Waals surface area contributed by atoms with Gasteiger partial charge in [0.05, 0.1) is 18.2 Å². The molecule has 8 heteroatoms. The van der Waals surface area contributed by atoms with Crippen molar-refractivity contribution in [3.63, 3.8) is 0 Å². The van der Waals surface area contributed by atoms with Crippen LogP contribution in [0.3, 0.4) is 0 Å². The predicted octanol–water partition coefficient (Wildman–Crippen LogP) is 2.48. The lowest BCUT2D eigenvalue weighted by atomic mass is 9.86. The van der Waals surface area contributed by atoms with E-state index in [0.29, 0.717) is 18.6 Å². The fraction of sp³-hybridized carbons (Fsp3) is 0.632. The van der Waals surface area contributed by atoms with Gasteiger partial charge in [0, 0.05) is 25.7 Å². The predicted molar refractivity (Wildman–Crippen MR) is 104 cm³/mol. The lowest BCUT2D eigenvalue weighted by Crippen LogP contribution is -2.56. The number of rotatable bonds is 6. The van der Waals surface area contributed by atoms with Gasteiger partial charge in [-0.05, 0) is 50.3 Å². The van der Waals surface area contributed by atoms with Gasteiger partial charge in [0.15, 0.2) is 11.4 Å². The number of anilines is 1. The van der Waals surface area contributed by atoms with Crippen LogP contribution in [0.15, 0.2) is 28.8 Å². The number of benzene rings is 1. The fourth-order valence-electron chi connectivity index (χ4n) is 4.40. The number of hydrogen-bond donors (Lipinski definition) is 0. The normalized spacial score (nSPS) is 24.3. The summed E-state index contributed by atoms with van der Waals surface area (Å²) in [6.45, 7) is 4.40. The zero-order chi connectivity index (χ0) is 18.9. The highest BCUT2D eigenvalue weighted by molar-refractivity contribution is 7.85. The zero-order valence-electron chi connectivity index (χ0n) is 15.7. The fourth-order valence-corrected chi connectivity index (χ4v) is 4.82. The molecular formula is C19H27N3O4S. The molecule has 4 rings (SSSR count). The van der Waals surface area contributed by atoms with E-state index in [1.54, 1.807) is 0 Å². The molecule has 0 saturated carbocycles. The van der Waals surface area contributed by atoms with E-state index in [4.69, 9.17) is 8.71 Å². The van der Waals surface area contributed by atoms with Gasteiger partial charge in [-0.3, -0.25) is 9.08 Å². The first kappa shape index (κ1) is 18.7. The van der Waals surface area contributed by atoms with E-state index in [0.717, 1.165) is 68.5 Å². The SMILES string of the molecule is CS(=O)(=O)OCCC[C@@H]1CCN2CCN(c3noc4ccccc34)C[C@@H]2C1. The second-order valence-electron chi connectivity index (χ2n) is 7.70. The van der Waals surface area contributed by atoms with Crippen LogP contribution in [0.1, 0.15) is 25.7 Å². The third-order valence-electron chi connectivity index (χ3n) is 5.75. The van der Waals surface area contributed by atoms with Crippen LogP contribution >= 0.6 is 0 Å². The summed E-state index contributed by atoms with van der Waals surface area (Å²) in [4.78, 5) is 4.93. The molecule has 0 N–H and O–H groups in total. The summed E-state index contributed by atoms with van der Waals surface area (Å²) in [6.07, 6.45) is 5.25. The zero-order valence-corrected chi connectivity index (χ0v) is 16.5. The molecular weight excluding hydrogens is 366 g/mol. The molecule has 2 aliphatic rings. The molecule has 0 amide bonds. The number of piperidine rings is 1. The second-order valence-corrected chi connectivity index (χ2v) is 9.34. The molecule has 7 nitrogen and oxygen atoms in total. The molecule has 0 spiro atoms. The van der Waals surface area contributed by atoms with Gasteiger partial charge in [0.25, 0.3) is 10.1 Å². The van der Waals surface area contributed by atoms with Gasteiger partial charge >= 0.3 is 0 Å². The summed E-state index contributed by atoms with van der Waals surface area (Å²) in [6, 6.07) is 8.53. The van der Waals surface area contributed by atoms with Crippen LogP contribution in [0.2, 0.25) is 0 Å². The van der Waals surface area contributed by atoms with Crippen LogP contribution < -0.4 is 4.90 Å². The number of para-hydroxylation sites is 1. The smallest absolute Gasteiger partial charge is 0.264 e. The van der Waals surface area contributed by atoms with Crippen LogP contribution in [0.4, 0.5) is 5.82 Å². The van der Waals surface area contributed by atoms with E-state index in [9.17, 15) is 8.42 Å². The molecule has 1 aromatic carbocycles. The van der Waals surface area contributed by atoms with Crippen molar-refractivity contribution in [3.05, 3.63) is 24.3 Å². The molecule has 27 heavy (non-hydrogen) atoms. The van der Waals surface area contributed by atoms with Crippen LogP contribution in [0.25, 0.3) is 11.0 Å². The lowest BCUT2D eigenvalue weighted by Gasteiger charge is -2.46. The number of hydrogen-bond acceptors (Lipinski definition) is 7. The summed E-state index contributed by atoms with van der Waals surface area (Å²) in [5.74, 6) is 1.58. The Kier molecular flexibility index (Phi) is 5.39. The maximum absolute atomic E-state index is 11.1. The highest BCUT2D eigenvalue weighted by Crippen LogP contribution is 2.32. The molecule has 2 atom stereocenters. The Bertz CT molecular complexity index is 882. The first-order valence-electron chi connectivity index (χ1n) is 9.67. The average Bonchev–Trinajstić information content (AvgIpc) is 3.08. The standard InChI is InChI=1S/C19H27N3O4S/c1-27(23,24)25-12-4-5-15-8-9-21-10-11-22(14-16(21)13-15)19-17-6-2-3-7-18(17)26-20-19/h2-3,6-7,15-16H,4-5,8-14H2,1H3/t15-,16+/m1/s1. The Hall–Kier alpha value is -1.64. The Morgan fingerprint density at radius 2 is 2.11 bits per heavy atom. The van der Waals surface area contributed by atoms with Crippen molar-refractivity contribution in [3.8, 4) is 0 Å². The minimum atomic E-state index is -3.33. The number of aromatic nitrogens is 1. The molecule has 0 bridgehead atoms. The van der Waals surface area contributed by atoms with Gasteiger partial charge in [-0.25, -0.2) is 0 Å². The van der Waals surface area contributed by atoms with Crippen LogP contribution in [0, 0.1) is 5.92 Å². The largest absolute Gasteiger partial charge is 0.354 e. The maximum Gasteiger partial charge on any atom is 0.264 e. The molecule has 2 aliphatic heterocycles. The van der Waals surface area contributed by atoms with E-state index >= 15 is 0 Å². The van der Waals surface area contributed by atoms with Gasteiger partial charge in [-0.2, -0.15) is 8.42 Å². The van der Waals surface area contributed by atoms with E-state index in [1.807, 2.05) is 18.2 Å². The first-order chi connectivity index (χ1) is 13.0. The van der Waals surface area contributed by atoms with Crippen molar-refractivity contribution < 1.29 is 17.1 Å². The third kappa shape index (κ3) is 4.44. The molecule has 2 fully saturated rings. The second kappa shape index (κ2) is 7.77. The number of piperazine rings is 1. The molecule has 0 aliphatic carbocycles. The lowest BCUT2D eigenvalue weighted by molar-refractivity contribution is 0.0939. The summed E-state index contributed by atoms with van der Waals surface area (Å²) >= 11 is 0. The van der Waals surface area contributed by atoms with Crippen molar-refractivity contribution >= 4 is 26.9 Å². The Morgan fingerprint density at radius 1 is 1.26 bits per heavy atom. The summed E-state index contributed by atoms with van der Waals surface area (Å²) in [5, 5.41) is 5.40. The summed E-state index contributed by atoms with van der Waals surface area (Å²) in [7, 11) is -3.33. The van der Waals surface area contributed by atoms with Crippen molar-refractivity contribution in [1.82, 2.24) is 10.1 Å². The molecule has 1 aromatic heterocycles. The van der Waals surface area contributed by atoms with Gasteiger partial charge < -0.3 is 9.42 Å². The van der Waals surface area contributed by atoms with Crippen LogP contribution in [0.5, 0.6) is 0 Å². The van der Waals surface area contributed by atoms with Gasteiger partial charge in [0.2, 0.25) is 0 Å². The average molecular weight is 394 g/mol. The topological polar surface area (TPSA) is 75.9 Å². The van der Waals surface area contributed by atoms with Crippen LogP contribution in [-0.4, -0.2) is 63.6 Å². The number of fused-ring (bicyclic) bond motifs is 2. The minimum Gasteiger partial charge on any atom is -0.354 e. The van der Waals surface area contributed by atoms with Gasteiger partial charge in [0.1, 0.15) is 0 Å². The van der Waals surface area contributed by atoms with Crippen molar-refractivity contribution in [2.75, 3.05) is 43.9 Å². The quantitative estimate of drug-likeness (QED) is 0.551. The van der Waals surface area contributed by atoms with E-state index < -0.39 is 10.1 Å². The van der Waals surface area contributed by atoms with E-state index in [-0.39, 0.29) is 0 Å². The first-order valence-corrected chi connectivity index (χ1v) is 11.5. The Labute approximate surface area is 160 Å². The molecule has 2 saturated heterocycles. The number of nitrogens with zero attached hydrogens (tertiary/aromatic N) is 3. The molecule has 148 valence electrons. The molecule has 3 heterocycles. The van der Waals surface area contributed by atoms with Gasteiger partial charge in [-0.15, -0.1) is 0 Å². The van der Waals surface area contributed by atoms with Crippen LogP contribution in [-0.2, 0) is 14.3 Å². The Morgan fingerprint density at radius 3 is 2.96 bits per heavy atom. The summed E-state index contributed by atoms with van der Waals surface area (Å²) < 4.78 is 32.5. The maximum atomic E-state index is 11.1. The van der Waals surface area contributed by atoms with Crippen molar-refractivity contribution in [1.29, 1.82) is 0 Å². The van der Waals surface area contributed by atoms with Crippen molar-refractivity contribution in [2.24, 2.45) is 5.92 Å². The van der Waals surface area contributed by atoms with E-state index in [1.165, 1.54) is 6.42 Å². The highest BCUT2D eigenvalue weighted by atomic mass is 32.2. The minimum absolute atomic E-state index is 0.292. The Balaban J connectivity index is 1.35. The molecule has 0 unspecified atom stereocenters. The molecule has 2 aromatic rings. The van der Waals surface area contributed by atoms with Crippen molar-refractivity contribution in [2.45, 2.75) is 31.7 Å². The van der Waals surface area contributed by atoms with Gasteiger partial charge in [-0.1, -0.05) is 17.3 Å². The monoisotopic (exact) mass is 393 g/mol. The molecule has 0 radical (unpaired) electrons. The highest BCUT2D eigenvalue weighted by Gasteiger charge is 2.34. The third-order valence-corrected chi connectivity index (χ3v) is 6.34. The summed E-state index contributed by atoms with van der Waals surface area (Å²) in [5.41, 5.74) is 0.835.